The van der Waals surface area contributed by atoms with Gasteiger partial charge in [-0.05, 0) is 61.0 Å². The summed E-state index contributed by atoms with van der Waals surface area (Å²) in [6.45, 7) is 2.84. The van der Waals surface area contributed by atoms with Crippen molar-refractivity contribution >= 4 is 17.5 Å². The third-order valence-electron chi connectivity index (χ3n) is 4.39. The standard InChI is InChI=1S/C23H21N3O6/c1-2-31-20-11-13-21(14-12-20)32-15-16-3-5-17(6-4-16)22(27)24-25-23(28)18-7-9-19(10-8-18)26(29)30/h3-14H,2,15H2,1H3,(H,24,27)(H,25,28). The van der Waals surface area contributed by atoms with Crippen LogP contribution in [0.5, 0.6) is 11.5 Å². The average molecular weight is 435 g/mol. The van der Waals surface area contributed by atoms with Gasteiger partial charge in [0.2, 0.25) is 0 Å². The first-order chi connectivity index (χ1) is 15.5. The van der Waals surface area contributed by atoms with Crippen molar-refractivity contribution < 1.29 is 24.0 Å². The van der Waals surface area contributed by atoms with Crippen molar-refractivity contribution in [3.8, 4) is 11.5 Å². The molecule has 0 unspecified atom stereocenters. The fraction of sp³-hybridized carbons (Fsp3) is 0.130. The van der Waals surface area contributed by atoms with E-state index in [0.29, 0.717) is 24.5 Å². The smallest absolute Gasteiger partial charge is 0.269 e. The van der Waals surface area contributed by atoms with E-state index in [1.54, 1.807) is 24.3 Å². The summed E-state index contributed by atoms with van der Waals surface area (Å²) in [4.78, 5) is 34.4. The number of carbonyl (C=O) groups is 2. The molecule has 0 aliphatic heterocycles. The van der Waals surface area contributed by atoms with Gasteiger partial charge in [0.1, 0.15) is 18.1 Å². The van der Waals surface area contributed by atoms with Crippen LogP contribution >= 0.6 is 0 Å². The number of benzene rings is 3. The van der Waals surface area contributed by atoms with Gasteiger partial charge in [0.05, 0.1) is 11.5 Å². The van der Waals surface area contributed by atoms with E-state index in [9.17, 15) is 19.7 Å². The van der Waals surface area contributed by atoms with Crippen LogP contribution in [0.25, 0.3) is 0 Å². The molecule has 3 aromatic rings. The molecule has 9 heteroatoms. The Balaban J connectivity index is 1.48. The second-order valence-electron chi connectivity index (χ2n) is 6.60. The Morgan fingerprint density at radius 3 is 1.72 bits per heavy atom. The van der Waals surface area contributed by atoms with Gasteiger partial charge in [0, 0.05) is 23.3 Å². The van der Waals surface area contributed by atoms with Gasteiger partial charge in [-0.15, -0.1) is 0 Å². The summed E-state index contributed by atoms with van der Waals surface area (Å²) in [5.41, 5.74) is 5.85. The van der Waals surface area contributed by atoms with Gasteiger partial charge in [-0.25, -0.2) is 0 Å². The zero-order chi connectivity index (χ0) is 22.9. The molecule has 0 heterocycles. The molecule has 164 valence electrons. The molecular formula is C23H21N3O6. The van der Waals surface area contributed by atoms with Crippen molar-refractivity contribution in [3.05, 3.63) is 99.6 Å². The fourth-order valence-corrected chi connectivity index (χ4v) is 2.71. The molecule has 3 rings (SSSR count). The summed E-state index contributed by atoms with van der Waals surface area (Å²) in [6, 6.07) is 19.1. The first kappa shape index (κ1) is 22.3. The minimum Gasteiger partial charge on any atom is -0.494 e. The second-order valence-corrected chi connectivity index (χ2v) is 6.60. The Bertz CT molecular complexity index is 1080. The normalized spacial score (nSPS) is 10.2. The number of nitrogens with zero attached hydrogens (tertiary/aromatic N) is 1. The molecule has 32 heavy (non-hydrogen) atoms. The Labute approximate surface area is 184 Å². The number of nitro groups is 1. The monoisotopic (exact) mass is 435 g/mol. The van der Waals surface area contributed by atoms with Gasteiger partial charge >= 0.3 is 0 Å². The molecule has 9 nitrogen and oxygen atoms in total. The number of non-ortho nitro benzene ring substituents is 1. The molecule has 0 radical (unpaired) electrons. The number of hydrazine groups is 1. The predicted octanol–water partition coefficient (Wildman–Crippen LogP) is 3.65. The maximum atomic E-state index is 12.2. The molecule has 0 aliphatic rings. The lowest BCUT2D eigenvalue weighted by Crippen LogP contribution is -2.41. The van der Waals surface area contributed by atoms with Crippen LogP contribution in [-0.2, 0) is 6.61 Å². The van der Waals surface area contributed by atoms with Gasteiger partial charge in [-0.2, -0.15) is 0 Å². The van der Waals surface area contributed by atoms with E-state index in [4.69, 9.17) is 9.47 Å². The van der Waals surface area contributed by atoms with Crippen molar-refractivity contribution in [2.45, 2.75) is 13.5 Å². The fourth-order valence-electron chi connectivity index (χ4n) is 2.71. The summed E-state index contributed by atoms with van der Waals surface area (Å²) in [5.74, 6) is 0.382. The summed E-state index contributed by atoms with van der Waals surface area (Å²) in [7, 11) is 0. The number of hydrogen-bond donors (Lipinski definition) is 2. The molecule has 3 aromatic carbocycles. The maximum absolute atomic E-state index is 12.2. The van der Waals surface area contributed by atoms with E-state index in [1.807, 2.05) is 31.2 Å². The number of nitrogens with one attached hydrogen (secondary N) is 2. The van der Waals surface area contributed by atoms with Crippen LogP contribution in [0.15, 0.2) is 72.8 Å². The van der Waals surface area contributed by atoms with Crippen molar-refractivity contribution in [1.29, 1.82) is 0 Å². The van der Waals surface area contributed by atoms with Crippen LogP contribution in [0, 0.1) is 10.1 Å². The highest BCUT2D eigenvalue weighted by Crippen LogP contribution is 2.19. The lowest BCUT2D eigenvalue weighted by Gasteiger charge is -2.09. The van der Waals surface area contributed by atoms with Crippen molar-refractivity contribution in [2.75, 3.05) is 6.61 Å². The lowest BCUT2D eigenvalue weighted by atomic mass is 10.1. The van der Waals surface area contributed by atoms with Crippen LogP contribution in [0.2, 0.25) is 0 Å². The molecular weight excluding hydrogens is 414 g/mol. The summed E-state index contributed by atoms with van der Waals surface area (Å²) < 4.78 is 11.1. The van der Waals surface area contributed by atoms with E-state index in [0.717, 1.165) is 11.3 Å². The van der Waals surface area contributed by atoms with Crippen molar-refractivity contribution in [3.63, 3.8) is 0 Å². The number of carbonyl (C=O) groups excluding carboxylic acids is 2. The predicted molar refractivity (Wildman–Crippen MR) is 116 cm³/mol. The molecule has 0 atom stereocenters. The SMILES string of the molecule is CCOc1ccc(OCc2ccc(C(=O)NNC(=O)c3ccc([N+](=O)[O-])cc3)cc2)cc1. The molecule has 0 saturated carbocycles. The first-order valence-corrected chi connectivity index (χ1v) is 9.76. The maximum Gasteiger partial charge on any atom is 0.269 e. The number of hydrogen-bond acceptors (Lipinski definition) is 6. The van der Waals surface area contributed by atoms with E-state index >= 15 is 0 Å². The third-order valence-corrected chi connectivity index (χ3v) is 4.39. The van der Waals surface area contributed by atoms with Crippen molar-refractivity contribution in [2.24, 2.45) is 0 Å². The number of rotatable bonds is 8. The van der Waals surface area contributed by atoms with Crippen LogP contribution in [0.1, 0.15) is 33.2 Å². The van der Waals surface area contributed by atoms with Gasteiger partial charge in [-0.1, -0.05) is 12.1 Å². The Hall–Kier alpha value is -4.40. The molecule has 0 aromatic heterocycles. The summed E-state index contributed by atoms with van der Waals surface area (Å²) in [6.07, 6.45) is 0. The second kappa shape index (κ2) is 10.6. The van der Waals surface area contributed by atoms with Crippen LogP contribution in [0.3, 0.4) is 0 Å². The Morgan fingerprint density at radius 1 is 0.781 bits per heavy atom. The van der Waals surface area contributed by atoms with Crippen LogP contribution < -0.4 is 20.3 Å². The topological polar surface area (TPSA) is 120 Å². The highest BCUT2D eigenvalue weighted by atomic mass is 16.6. The van der Waals surface area contributed by atoms with E-state index < -0.39 is 16.7 Å². The minimum atomic E-state index is -0.589. The van der Waals surface area contributed by atoms with Gasteiger partial charge in [0.15, 0.2) is 0 Å². The number of amides is 2. The van der Waals surface area contributed by atoms with E-state index in [1.165, 1.54) is 24.3 Å². The van der Waals surface area contributed by atoms with Gasteiger partial charge in [0.25, 0.3) is 17.5 Å². The number of nitro benzene ring substituents is 1. The first-order valence-electron chi connectivity index (χ1n) is 9.76. The van der Waals surface area contributed by atoms with Gasteiger partial charge in [-0.3, -0.25) is 30.6 Å². The molecule has 2 amide bonds. The third kappa shape index (κ3) is 6.05. The average Bonchev–Trinajstić information content (AvgIpc) is 2.82. The zero-order valence-electron chi connectivity index (χ0n) is 17.2. The Kier molecular flexibility index (Phi) is 7.37. The molecule has 0 spiro atoms. The highest BCUT2D eigenvalue weighted by molar-refractivity contribution is 5.99. The molecule has 0 bridgehead atoms. The van der Waals surface area contributed by atoms with E-state index in [2.05, 4.69) is 10.9 Å². The molecule has 2 N–H and O–H groups in total. The van der Waals surface area contributed by atoms with Crippen molar-refractivity contribution in [1.82, 2.24) is 10.9 Å². The van der Waals surface area contributed by atoms with Gasteiger partial charge < -0.3 is 9.47 Å². The highest BCUT2D eigenvalue weighted by Gasteiger charge is 2.11. The van der Waals surface area contributed by atoms with E-state index in [-0.39, 0.29) is 11.3 Å². The summed E-state index contributed by atoms with van der Waals surface area (Å²) in [5, 5.41) is 10.7. The minimum absolute atomic E-state index is 0.128. The quantitative estimate of drug-likeness (QED) is 0.412. The summed E-state index contributed by atoms with van der Waals surface area (Å²) >= 11 is 0. The lowest BCUT2D eigenvalue weighted by molar-refractivity contribution is -0.384. The Morgan fingerprint density at radius 2 is 1.25 bits per heavy atom. The zero-order valence-corrected chi connectivity index (χ0v) is 17.2. The molecule has 0 aliphatic carbocycles. The largest absolute Gasteiger partial charge is 0.494 e. The van der Waals surface area contributed by atoms with Crippen LogP contribution in [-0.4, -0.2) is 23.3 Å². The van der Waals surface area contributed by atoms with Crippen LogP contribution in [0.4, 0.5) is 5.69 Å². The molecule has 0 fully saturated rings. The number of ether oxygens (including phenoxy) is 2. The molecule has 0 saturated heterocycles.